The molecule has 2 aromatic rings. The van der Waals surface area contributed by atoms with Gasteiger partial charge in [-0.15, -0.1) is 23.5 Å². The fourth-order valence-electron chi connectivity index (χ4n) is 2.58. The second kappa shape index (κ2) is 11.5. The van der Waals surface area contributed by atoms with Crippen LogP contribution in [0.4, 0.5) is 0 Å². The number of thioether (sulfide) groups is 2. The van der Waals surface area contributed by atoms with Crippen LogP contribution in [0.1, 0.15) is 38.8 Å². The molecule has 0 atom stereocenters. The molecule has 30 heavy (non-hydrogen) atoms. The Morgan fingerprint density at radius 1 is 0.667 bits per heavy atom. The molecule has 0 aromatic heterocycles. The first kappa shape index (κ1) is 24.4. The maximum atomic E-state index is 12.5. The summed E-state index contributed by atoms with van der Waals surface area (Å²) in [4.78, 5) is 25.1. The molecule has 0 fully saturated rings. The molecule has 2 aromatic carbocycles. The smallest absolute Gasteiger partial charge is 0.235 e. The van der Waals surface area contributed by atoms with Crippen LogP contribution in [0.25, 0.3) is 0 Å². The van der Waals surface area contributed by atoms with E-state index in [0.717, 1.165) is 11.5 Å². The summed E-state index contributed by atoms with van der Waals surface area (Å²) in [7, 11) is 0. The highest BCUT2D eigenvalue weighted by molar-refractivity contribution is 8.00. The van der Waals surface area contributed by atoms with Gasteiger partial charge in [-0.25, -0.2) is 0 Å². The second-order valence-corrected chi connectivity index (χ2v) is 11.3. The van der Waals surface area contributed by atoms with Crippen LogP contribution >= 0.6 is 23.5 Å². The van der Waals surface area contributed by atoms with Crippen molar-refractivity contribution in [2.75, 3.05) is 13.1 Å². The number of nitrogens with one attached hydrogen (secondary N) is 2. The minimum absolute atomic E-state index is 0.0182. The van der Waals surface area contributed by atoms with E-state index in [1.807, 2.05) is 64.1 Å². The van der Waals surface area contributed by atoms with Crippen LogP contribution in [-0.2, 0) is 21.1 Å². The predicted molar refractivity (Wildman–Crippen MR) is 130 cm³/mol. The number of carbonyl (C=O) groups is 2. The molecule has 0 heterocycles. The van der Waals surface area contributed by atoms with E-state index >= 15 is 0 Å². The zero-order chi connectivity index (χ0) is 22.0. The van der Waals surface area contributed by atoms with Crippen molar-refractivity contribution in [3.8, 4) is 0 Å². The van der Waals surface area contributed by atoms with Gasteiger partial charge in [0.1, 0.15) is 0 Å². The minimum atomic E-state index is -0.537. The first-order chi connectivity index (χ1) is 14.2. The molecule has 0 saturated heterocycles. The highest BCUT2D eigenvalue weighted by Gasteiger charge is 2.29. The van der Waals surface area contributed by atoms with Crippen molar-refractivity contribution >= 4 is 35.3 Å². The van der Waals surface area contributed by atoms with Gasteiger partial charge < -0.3 is 10.6 Å². The summed E-state index contributed by atoms with van der Waals surface area (Å²) in [5.74, 6) is 1.53. The van der Waals surface area contributed by atoms with Gasteiger partial charge in [-0.1, -0.05) is 60.7 Å². The molecule has 0 saturated carbocycles. The molecule has 0 spiro atoms. The molecule has 0 aliphatic heterocycles. The van der Waals surface area contributed by atoms with Crippen LogP contribution in [0.15, 0.2) is 60.7 Å². The summed E-state index contributed by atoms with van der Waals surface area (Å²) >= 11 is 3.22. The van der Waals surface area contributed by atoms with E-state index in [9.17, 15) is 9.59 Å². The van der Waals surface area contributed by atoms with Crippen molar-refractivity contribution in [1.82, 2.24) is 10.6 Å². The van der Waals surface area contributed by atoms with Crippen LogP contribution in [-0.4, -0.2) is 34.4 Å². The number of rotatable bonds is 11. The molecular weight excluding hydrogens is 412 g/mol. The first-order valence-corrected chi connectivity index (χ1v) is 12.1. The van der Waals surface area contributed by atoms with Gasteiger partial charge in [0.2, 0.25) is 11.8 Å². The van der Waals surface area contributed by atoms with E-state index in [0.29, 0.717) is 13.1 Å². The summed E-state index contributed by atoms with van der Waals surface area (Å²) in [5.41, 5.74) is 2.40. The average molecular weight is 445 g/mol. The van der Waals surface area contributed by atoms with Crippen molar-refractivity contribution in [3.63, 3.8) is 0 Å². The monoisotopic (exact) mass is 444 g/mol. The Balaban J connectivity index is 1.69. The highest BCUT2D eigenvalue weighted by atomic mass is 32.2. The molecular formula is C24H32N2O2S2. The fraction of sp³-hybridized carbons (Fsp3) is 0.417. The van der Waals surface area contributed by atoms with Gasteiger partial charge in [-0.2, -0.15) is 0 Å². The van der Waals surface area contributed by atoms with Gasteiger partial charge in [0.15, 0.2) is 0 Å². The summed E-state index contributed by atoms with van der Waals surface area (Å²) in [6.45, 7) is 8.55. The summed E-state index contributed by atoms with van der Waals surface area (Å²) in [6, 6.07) is 20.3. The molecule has 162 valence electrons. The van der Waals surface area contributed by atoms with Gasteiger partial charge in [0, 0.05) is 24.6 Å². The maximum Gasteiger partial charge on any atom is 0.235 e. The zero-order valence-corrected chi connectivity index (χ0v) is 19.9. The van der Waals surface area contributed by atoms with Crippen LogP contribution < -0.4 is 10.6 Å². The number of hydrogen-bond donors (Lipinski definition) is 2. The Bertz CT molecular complexity index is 739. The quantitative estimate of drug-likeness (QED) is 0.496. The molecule has 6 heteroatoms. The second-order valence-electron chi connectivity index (χ2n) is 8.08. The molecule has 2 amide bonds. The van der Waals surface area contributed by atoms with Crippen molar-refractivity contribution in [2.45, 2.75) is 48.7 Å². The fourth-order valence-corrected chi connectivity index (χ4v) is 4.43. The Morgan fingerprint density at radius 2 is 1.00 bits per heavy atom. The average Bonchev–Trinajstić information content (AvgIpc) is 2.75. The molecule has 2 rings (SSSR count). The summed E-state index contributed by atoms with van der Waals surface area (Å²) in [5, 5.41) is 5.89. The van der Waals surface area contributed by atoms with Gasteiger partial charge >= 0.3 is 0 Å². The van der Waals surface area contributed by atoms with Crippen molar-refractivity contribution in [2.24, 2.45) is 0 Å². The molecule has 0 aliphatic rings. The number of benzene rings is 2. The van der Waals surface area contributed by atoms with Crippen molar-refractivity contribution < 1.29 is 9.59 Å². The molecule has 0 radical (unpaired) electrons. The summed E-state index contributed by atoms with van der Waals surface area (Å²) < 4.78 is -1.07. The predicted octanol–water partition coefficient (Wildman–Crippen LogP) is 4.64. The largest absolute Gasteiger partial charge is 0.353 e. The SMILES string of the molecule is CC(C)(SCc1ccccc1)C(=O)NCCNC(=O)C(C)(C)SCc1ccccc1. The third kappa shape index (κ3) is 8.07. The van der Waals surface area contributed by atoms with E-state index in [2.05, 4.69) is 34.9 Å². The van der Waals surface area contributed by atoms with Crippen molar-refractivity contribution in [1.29, 1.82) is 0 Å². The van der Waals surface area contributed by atoms with E-state index in [1.54, 1.807) is 23.5 Å². The van der Waals surface area contributed by atoms with E-state index in [4.69, 9.17) is 0 Å². The molecule has 2 N–H and O–H groups in total. The standard InChI is InChI=1S/C24H32N2O2S2/c1-23(2,29-17-19-11-7-5-8-12-19)21(27)25-15-16-26-22(28)24(3,4)30-18-20-13-9-6-10-14-20/h5-14H,15-18H2,1-4H3,(H,25,27)(H,26,28). The number of carbonyl (C=O) groups excluding carboxylic acids is 2. The molecule has 0 unspecified atom stereocenters. The third-order valence-electron chi connectivity index (χ3n) is 4.67. The molecule has 0 aliphatic carbocycles. The topological polar surface area (TPSA) is 58.2 Å². The summed E-state index contributed by atoms with van der Waals surface area (Å²) in [6.07, 6.45) is 0. The number of hydrogen-bond acceptors (Lipinski definition) is 4. The Labute approximate surface area is 189 Å². The highest BCUT2D eigenvalue weighted by Crippen LogP contribution is 2.29. The van der Waals surface area contributed by atoms with Gasteiger partial charge in [-0.3, -0.25) is 9.59 Å². The van der Waals surface area contributed by atoms with Crippen LogP contribution in [0, 0.1) is 0 Å². The van der Waals surface area contributed by atoms with Gasteiger partial charge in [0.05, 0.1) is 9.49 Å². The lowest BCUT2D eigenvalue weighted by Gasteiger charge is -2.25. The Kier molecular flexibility index (Phi) is 9.31. The first-order valence-electron chi connectivity index (χ1n) is 10.1. The van der Waals surface area contributed by atoms with Crippen LogP contribution in [0.3, 0.4) is 0 Å². The minimum Gasteiger partial charge on any atom is -0.353 e. The normalized spacial score (nSPS) is 11.7. The lowest BCUT2D eigenvalue weighted by Crippen LogP contribution is -2.46. The third-order valence-corrected chi connectivity index (χ3v) is 7.44. The zero-order valence-electron chi connectivity index (χ0n) is 18.2. The van der Waals surface area contributed by atoms with Crippen LogP contribution in [0.5, 0.6) is 0 Å². The van der Waals surface area contributed by atoms with E-state index < -0.39 is 9.49 Å². The van der Waals surface area contributed by atoms with Gasteiger partial charge in [-0.05, 0) is 38.8 Å². The molecule has 4 nitrogen and oxygen atoms in total. The van der Waals surface area contributed by atoms with Crippen LogP contribution in [0.2, 0.25) is 0 Å². The van der Waals surface area contributed by atoms with Gasteiger partial charge in [0.25, 0.3) is 0 Å². The Hall–Kier alpha value is -1.92. The maximum absolute atomic E-state index is 12.5. The number of amides is 2. The Morgan fingerprint density at radius 3 is 1.33 bits per heavy atom. The molecule has 0 bridgehead atoms. The van der Waals surface area contributed by atoms with Crippen molar-refractivity contribution in [3.05, 3.63) is 71.8 Å². The van der Waals surface area contributed by atoms with E-state index in [1.165, 1.54) is 11.1 Å². The van der Waals surface area contributed by atoms with E-state index in [-0.39, 0.29) is 11.8 Å². The lowest BCUT2D eigenvalue weighted by atomic mass is 10.2. The lowest BCUT2D eigenvalue weighted by molar-refractivity contribution is -0.124.